The van der Waals surface area contributed by atoms with Gasteiger partial charge in [0.25, 0.3) is 0 Å². The SMILES string of the molecule is CC(C)(C)c1ccc(C(C)(O)C=O)cc1. The van der Waals surface area contributed by atoms with Gasteiger partial charge >= 0.3 is 0 Å². The average molecular weight is 206 g/mol. The normalized spacial score (nSPS) is 15.8. The van der Waals surface area contributed by atoms with Gasteiger partial charge in [-0.3, -0.25) is 4.79 Å². The van der Waals surface area contributed by atoms with Crippen LogP contribution in [-0.2, 0) is 15.8 Å². The highest BCUT2D eigenvalue weighted by Crippen LogP contribution is 2.25. The molecule has 0 radical (unpaired) electrons. The van der Waals surface area contributed by atoms with Crippen LogP contribution < -0.4 is 0 Å². The summed E-state index contributed by atoms with van der Waals surface area (Å²) in [6.45, 7) is 7.87. The topological polar surface area (TPSA) is 37.3 Å². The van der Waals surface area contributed by atoms with Crippen LogP contribution in [0.1, 0.15) is 38.8 Å². The summed E-state index contributed by atoms with van der Waals surface area (Å²) < 4.78 is 0. The summed E-state index contributed by atoms with van der Waals surface area (Å²) in [5.74, 6) is 0. The van der Waals surface area contributed by atoms with Crippen LogP contribution in [0.3, 0.4) is 0 Å². The van der Waals surface area contributed by atoms with Crippen molar-refractivity contribution in [3.05, 3.63) is 35.4 Å². The van der Waals surface area contributed by atoms with E-state index in [1.807, 2.05) is 12.1 Å². The molecular formula is C13H18O2. The minimum atomic E-state index is -1.38. The largest absolute Gasteiger partial charge is 0.378 e. The van der Waals surface area contributed by atoms with E-state index in [9.17, 15) is 9.90 Å². The van der Waals surface area contributed by atoms with Crippen molar-refractivity contribution in [2.75, 3.05) is 0 Å². The third kappa shape index (κ3) is 2.66. The molecule has 1 atom stereocenters. The second-order valence-corrected chi connectivity index (χ2v) is 5.09. The Balaban J connectivity index is 3.06. The molecule has 0 fully saturated rings. The van der Waals surface area contributed by atoms with Gasteiger partial charge in [0.2, 0.25) is 0 Å². The van der Waals surface area contributed by atoms with Crippen molar-refractivity contribution in [3.8, 4) is 0 Å². The molecule has 82 valence electrons. The lowest BCUT2D eigenvalue weighted by molar-refractivity contribution is -0.123. The Morgan fingerprint density at radius 1 is 1.00 bits per heavy atom. The van der Waals surface area contributed by atoms with Gasteiger partial charge in [0.05, 0.1) is 0 Å². The number of aliphatic hydroxyl groups is 1. The summed E-state index contributed by atoms with van der Waals surface area (Å²) in [5.41, 5.74) is 0.528. The second kappa shape index (κ2) is 3.78. The van der Waals surface area contributed by atoms with Crippen molar-refractivity contribution in [3.63, 3.8) is 0 Å². The van der Waals surface area contributed by atoms with Crippen molar-refractivity contribution in [2.24, 2.45) is 0 Å². The van der Waals surface area contributed by atoms with E-state index in [-0.39, 0.29) is 5.41 Å². The number of benzene rings is 1. The highest BCUT2D eigenvalue weighted by molar-refractivity contribution is 5.65. The zero-order valence-corrected chi connectivity index (χ0v) is 9.74. The third-order valence-electron chi connectivity index (χ3n) is 2.56. The Morgan fingerprint density at radius 3 is 1.73 bits per heavy atom. The molecule has 0 bridgehead atoms. The van der Waals surface area contributed by atoms with Gasteiger partial charge in [0, 0.05) is 0 Å². The summed E-state index contributed by atoms with van der Waals surface area (Å²) in [5, 5.41) is 9.72. The minimum absolute atomic E-state index is 0.0889. The van der Waals surface area contributed by atoms with Crippen LogP contribution in [0.5, 0.6) is 0 Å². The highest BCUT2D eigenvalue weighted by atomic mass is 16.3. The molecule has 1 aromatic carbocycles. The fraction of sp³-hybridized carbons (Fsp3) is 0.462. The highest BCUT2D eigenvalue weighted by Gasteiger charge is 2.22. The molecule has 1 N–H and O–H groups in total. The van der Waals surface area contributed by atoms with Crippen LogP contribution >= 0.6 is 0 Å². The number of rotatable bonds is 2. The van der Waals surface area contributed by atoms with Crippen LogP contribution in [0.2, 0.25) is 0 Å². The first-order valence-corrected chi connectivity index (χ1v) is 5.07. The lowest BCUT2D eigenvalue weighted by atomic mass is 9.85. The fourth-order valence-corrected chi connectivity index (χ4v) is 1.38. The molecule has 2 nitrogen and oxygen atoms in total. The van der Waals surface area contributed by atoms with Crippen molar-refractivity contribution in [1.29, 1.82) is 0 Å². The molecule has 0 aromatic heterocycles. The molecule has 0 aliphatic heterocycles. The number of aldehydes is 1. The van der Waals surface area contributed by atoms with E-state index >= 15 is 0 Å². The molecule has 0 heterocycles. The van der Waals surface area contributed by atoms with Gasteiger partial charge in [0.1, 0.15) is 5.60 Å². The Morgan fingerprint density at radius 2 is 1.40 bits per heavy atom. The van der Waals surface area contributed by atoms with E-state index in [0.29, 0.717) is 11.8 Å². The lowest BCUT2D eigenvalue weighted by Gasteiger charge is -2.21. The van der Waals surface area contributed by atoms with Crippen molar-refractivity contribution in [2.45, 2.75) is 38.7 Å². The molecule has 0 spiro atoms. The summed E-state index contributed by atoms with van der Waals surface area (Å²) in [4.78, 5) is 10.7. The van der Waals surface area contributed by atoms with Crippen LogP contribution in [0.25, 0.3) is 0 Å². The maximum atomic E-state index is 10.7. The number of hydrogen-bond acceptors (Lipinski definition) is 2. The Hall–Kier alpha value is -1.15. The smallest absolute Gasteiger partial charge is 0.155 e. The first-order valence-electron chi connectivity index (χ1n) is 5.07. The van der Waals surface area contributed by atoms with Gasteiger partial charge in [-0.1, -0.05) is 45.0 Å². The van der Waals surface area contributed by atoms with E-state index < -0.39 is 5.60 Å². The first-order chi connectivity index (χ1) is 6.77. The monoisotopic (exact) mass is 206 g/mol. The van der Waals surface area contributed by atoms with Gasteiger partial charge < -0.3 is 5.11 Å². The molecule has 0 saturated heterocycles. The van der Waals surface area contributed by atoms with Gasteiger partial charge in [-0.25, -0.2) is 0 Å². The van der Waals surface area contributed by atoms with Crippen LogP contribution in [-0.4, -0.2) is 11.4 Å². The molecule has 1 unspecified atom stereocenters. The molecule has 2 heteroatoms. The number of carbonyl (C=O) groups is 1. The molecule has 0 aliphatic rings. The van der Waals surface area contributed by atoms with E-state index in [2.05, 4.69) is 20.8 Å². The molecule has 0 saturated carbocycles. The van der Waals surface area contributed by atoms with E-state index in [0.717, 1.165) is 0 Å². The zero-order valence-electron chi connectivity index (χ0n) is 9.74. The summed E-state index contributed by atoms with van der Waals surface area (Å²) >= 11 is 0. The average Bonchev–Trinajstić information content (AvgIpc) is 2.17. The quantitative estimate of drug-likeness (QED) is 0.754. The van der Waals surface area contributed by atoms with Crippen molar-refractivity contribution in [1.82, 2.24) is 0 Å². The van der Waals surface area contributed by atoms with E-state index in [1.54, 1.807) is 12.1 Å². The molecular weight excluding hydrogens is 188 g/mol. The lowest BCUT2D eigenvalue weighted by Crippen LogP contribution is -2.23. The van der Waals surface area contributed by atoms with Gasteiger partial charge in [-0.2, -0.15) is 0 Å². The standard InChI is InChI=1S/C13H18O2/c1-12(2,3)10-5-7-11(8-6-10)13(4,15)9-14/h5-9,15H,1-4H3. The predicted molar refractivity (Wildman–Crippen MR) is 60.8 cm³/mol. The molecule has 15 heavy (non-hydrogen) atoms. The summed E-state index contributed by atoms with van der Waals surface area (Å²) in [7, 11) is 0. The number of carbonyl (C=O) groups excluding carboxylic acids is 1. The minimum Gasteiger partial charge on any atom is -0.378 e. The third-order valence-corrected chi connectivity index (χ3v) is 2.56. The van der Waals surface area contributed by atoms with Gasteiger partial charge in [-0.05, 0) is 23.5 Å². The zero-order chi connectivity index (χ0) is 11.7. The summed E-state index contributed by atoms with van der Waals surface area (Å²) in [6.07, 6.45) is 0.555. The van der Waals surface area contributed by atoms with Crippen LogP contribution in [0.4, 0.5) is 0 Å². The van der Waals surface area contributed by atoms with Crippen LogP contribution in [0, 0.1) is 0 Å². The Labute approximate surface area is 90.9 Å². The predicted octanol–water partition coefficient (Wildman–Crippen LogP) is 2.39. The molecule has 0 amide bonds. The van der Waals surface area contributed by atoms with Gasteiger partial charge in [0.15, 0.2) is 6.29 Å². The van der Waals surface area contributed by atoms with Gasteiger partial charge in [-0.15, -0.1) is 0 Å². The fourth-order valence-electron chi connectivity index (χ4n) is 1.38. The number of hydrogen-bond donors (Lipinski definition) is 1. The Bertz CT molecular complexity index is 342. The molecule has 1 aromatic rings. The second-order valence-electron chi connectivity index (χ2n) is 5.09. The van der Waals surface area contributed by atoms with E-state index in [1.165, 1.54) is 12.5 Å². The van der Waals surface area contributed by atoms with Crippen molar-refractivity contribution >= 4 is 6.29 Å². The Kier molecular flexibility index (Phi) is 3.00. The maximum absolute atomic E-state index is 10.7. The summed E-state index contributed by atoms with van der Waals surface area (Å²) in [6, 6.07) is 7.50. The van der Waals surface area contributed by atoms with Crippen LogP contribution in [0.15, 0.2) is 24.3 Å². The molecule has 1 rings (SSSR count). The van der Waals surface area contributed by atoms with Crippen molar-refractivity contribution < 1.29 is 9.90 Å². The first kappa shape index (κ1) is 11.9. The maximum Gasteiger partial charge on any atom is 0.155 e. The van der Waals surface area contributed by atoms with E-state index in [4.69, 9.17) is 0 Å². The molecule has 0 aliphatic carbocycles.